The van der Waals surface area contributed by atoms with Crippen molar-refractivity contribution in [3.63, 3.8) is 0 Å². The molecule has 160 valence electrons. The highest BCUT2D eigenvalue weighted by Gasteiger charge is 2.55. The van der Waals surface area contributed by atoms with E-state index in [1.54, 1.807) is 0 Å². The number of fused-ring (bicyclic) bond motifs is 1. The van der Waals surface area contributed by atoms with Gasteiger partial charge in [0.05, 0.1) is 6.10 Å². The number of rotatable bonds is 6. The molecule has 2 aromatic heterocycles. The summed E-state index contributed by atoms with van der Waals surface area (Å²) in [7, 11) is 0. The molecule has 1 spiro atoms. The van der Waals surface area contributed by atoms with Crippen molar-refractivity contribution >= 4 is 35.6 Å². The van der Waals surface area contributed by atoms with Crippen molar-refractivity contribution in [1.29, 1.82) is 0 Å². The first kappa shape index (κ1) is 22.3. The van der Waals surface area contributed by atoms with Crippen LogP contribution in [0.25, 0.3) is 5.65 Å². The van der Waals surface area contributed by atoms with E-state index in [1.807, 2.05) is 28.8 Å². The molecule has 2 aliphatic rings. The third-order valence-electron chi connectivity index (χ3n) is 6.36. The zero-order valence-electron chi connectivity index (χ0n) is 17.4. The van der Waals surface area contributed by atoms with Gasteiger partial charge >= 0.3 is 0 Å². The van der Waals surface area contributed by atoms with E-state index < -0.39 is 0 Å². The summed E-state index contributed by atoms with van der Waals surface area (Å²) in [4.78, 5) is 4.81. The maximum absolute atomic E-state index is 6.09. The monoisotopic (exact) mass is 512 g/mol. The molecule has 0 radical (unpaired) electrons. The zero-order valence-corrected chi connectivity index (χ0v) is 19.8. The zero-order chi connectivity index (χ0) is 19.4. The van der Waals surface area contributed by atoms with Crippen molar-refractivity contribution in [2.45, 2.75) is 71.1 Å². The fraction of sp³-hybridized carbons (Fsp3) is 0.667. The minimum atomic E-state index is 0. The van der Waals surface area contributed by atoms with E-state index in [1.165, 1.54) is 32.1 Å². The average molecular weight is 512 g/mol. The van der Waals surface area contributed by atoms with Gasteiger partial charge in [-0.25, -0.2) is 4.99 Å². The van der Waals surface area contributed by atoms with Crippen molar-refractivity contribution in [2.24, 2.45) is 10.4 Å². The quantitative estimate of drug-likeness (QED) is 0.352. The Bertz CT molecular complexity index is 816. The molecule has 0 saturated heterocycles. The van der Waals surface area contributed by atoms with Crippen LogP contribution in [0.2, 0.25) is 0 Å². The fourth-order valence-electron chi connectivity index (χ4n) is 4.90. The molecule has 0 amide bonds. The van der Waals surface area contributed by atoms with Crippen LogP contribution in [-0.2, 0) is 11.3 Å². The first-order valence-corrected chi connectivity index (χ1v) is 10.7. The molecule has 8 heteroatoms. The summed E-state index contributed by atoms with van der Waals surface area (Å²) in [5.41, 5.74) is 1.12. The van der Waals surface area contributed by atoms with Crippen LogP contribution in [0.5, 0.6) is 0 Å². The molecule has 0 aliphatic heterocycles. The van der Waals surface area contributed by atoms with E-state index >= 15 is 0 Å². The molecule has 2 aromatic rings. The van der Waals surface area contributed by atoms with Crippen molar-refractivity contribution in [3.05, 3.63) is 30.2 Å². The highest BCUT2D eigenvalue weighted by molar-refractivity contribution is 14.0. The molecular formula is C21H33IN6O. The lowest BCUT2D eigenvalue weighted by Crippen LogP contribution is -2.66. The van der Waals surface area contributed by atoms with Crippen LogP contribution in [0.3, 0.4) is 0 Å². The van der Waals surface area contributed by atoms with Gasteiger partial charge in [0.15, 0.2) is 17.4 Å². The number of aromatic nitrogens is 3. The molecular weight excluding hydrogens is 479 g/mol. The summed E-state index contributed by atoms with van der Waals surface area (Å²) in [6.45, 7) is 6.33. The van der Waals surface area contributed by atoms with Gasteiger partial charge < -0.3 is 15.4 Å². The first-order valence-electron chi connectivity index (χ1n) is 10.7. The summed E-state index contributed by atoms with van der Waals surface area (Å²) < 4.78 is 8.08. The van der Waals surface area contributed by atoms with E-state index in [9.17, 15) is 0 Å². The fourth-order valence-corrected chi connectivity index (χ4v) is 4.90. The standard InChI is InChI=1S/C21H32N6O.HI/c1-3-22-20(23-15-19-26-25-18-10-6-9-13-27(18)19)24-16-14-17(28-4-2)21(16)11-7-5-8-12-21;/h6,9-10,13,16-17H,3-5,7-8,11-12,14-15H2,1-2H3,(H2,22,23,24);1H. The van der Waals surface area contributed by atoms with Crippen LogP contribution in [-0.4, -0.2) is 45.9 Å². The van der Waals surface area contributed by atoms with Gasteiger partial charge in [-0.05, 0) is 45.2 Å². The van der Waals surface area contributed by atoms with Crippen LogP contribution in [0.15, 0.2) is 29.4 Å². The normalized spacial score (nSPS) is 23.4. The third kappa shape index (κ3) is 4.52. The molecule has 2 atom stereocenters. The van der Waals surface area contributed by atoms with Crippen molar-refractivity contribution in [2.75, 3.05) is 13.2 Å². The number of nitrogens with zero attached hydrogens (tertiary/aromatic N) is 4. The van der Waals surface area contributed by atoms with Crippen LogP contribution in [0.4, 0.5) is 0 Å². The van der Waals surface area contributed by atoms with Gasteiger partial charge in [0, 0.05) is 30.8 Å². The number of hydrogen-bond acceptors (Lipinski definition) is 4. The first-order chi connectivity index (χ1) is 13.8. The number of guanidine groups is 1. The molecule has 0 aromatic carbocycles. The Morgan fingerprint density at radius 1 is 1.24 bits per heavy atom. The van der Waals surface area contributed by atoms with Gasteiger partial charge in [-0.2, -0.15) is 0 Å². The lowest BCUT2D eigenvalue weighted by atomic mass is 9.55. The molecule has 2 heterocycles. The third-order valence-corrected chi connectivity index (χ3v) is 6.36. The predicted molar refractivity (Wildman–Crippen MR) is 126 cm³/mol. The second-order valence-electron chi connectivity index (χ2n) is 7.91. The van der Waals surface area contributed by atoms with E-state index in [0.717, 1.165) is 37.0 Å². The molecule has 2 aliphatic carbocycles. The van der Waals surface area contributed by atoms with Gasteiger partial charge in [-0.1, -0.05) is 25.3 Å². The van der Waals surface area contributed by atoms with Gasteiger partial charge in [-0.15, -0.1) is 34.2 Å². The van der Waals surface area contributed by atoms with E-state index in [4.69, 9.17) is 9.73 Å². The Balaban J connectivity index is 0.00000240. The van der Waals surface area contributed by atoms with Crippen LogP contribution in [0, 0.1) is 5.41 Å². The van der Waals surface area contributed by atoms with Crippen LogP contribution < -0.4 is 10.6 Å². The van der Waals surface area contributed by atoms with E-state index in [0.29, 0.717) is 18.7 Å². The molecule has 0 bridgehead atoms. The smallest absolute Gasteiger partial charge is 0.191 e. The molecule has 2 unspecified atom stereocenters. The largest absolute Gasteiger partial charge is 0.378 e. The highest BCUT2D eigenvalue weighted by Crippen LogP contribution is 2.53. The Morgan fingerprint density at radius 3 is 2.83 bits per heavy atom. The maximum atomic E-state index is 6.09. The molecule has 7 nitrogen and oxygen atoms in total. The number of hydrogen-bond donors (Lipinski definition) is 2. The summed E-state index contributed by atoms with van der Waals surface area (Å²) >= 11 is 0. The van der Waals surface area contributed by atoms with Crippen LogP contribution >= 0.6 is 24.0 Å². The highest BCUT2D eigenvalue weighted by atomic mass is 127. The van der Waals surface area contributed by atoms with E-state index in [2.05, 4.69) is 34.7 Å². The Morgan fingerprint density at radius 2 is 2.07 bits per heavy atom. The summed E-state index contributed by atoms with van der Waals surface area (Å²) in [5, 5.41) is 15.6. The minimum absolute atomic E-state index is 0. The molecule has 2 N–H and O–H groups in total. The lowest BCUT2D eigenvalue weighted by Gasteiger charge is -2.57. The number of pyridine rings is 1. The number of aliphatic imine (C=N–C) groups is 1. The lowest BCUT2D eigenvalue weighted by molar-refractivity contribution is -0.145. The summed E-state index contributed by atoms with van der Waals surface area (Å²) in [6, 6.07) is 6.34. The minimum Gasteiger partial charge on any atom is -0.378 e. The SMILES string of the molecule is CCNC(=NCc1nnc2ccccn12)NC1CC(OCC)C12CCCCC2.I. The molecule has 2 saturated carbocycles. The second-order valence-corrected chi connectivity index (χ2v) is 7.91. The van der Waals surface area contributed by atoms with Crippen molar-refractivity contribution in [1.82, 2.24) is 25.2 Å². The number of ether oxygens (including phenoxy) is 1. The molecule has 2 fully saturated rings. The molecule has 29 heavy (non-hydrogen) atoms. The Hall–Kier alpha value is -1.42. The molecule has 4 rings (SSSR count). The van der Waals surface area contributed by atoms with Gasteiger partial charge in [0.25, 0.3) is 0 Å². The Labute approximate surface area is 190 Å². The van der Waals surface area contributed by atoms with Crippen molar-refractivity contribution in [3.8, 4) is 0 Å². The van der Waals surface area contributed by atoms with Gasteiger partial charge in [0.2, 0.25) is 0 Å². The second kappa shape index (κ2) is 10.1. The van der Waals surface area contributed by atoms with Crippen LogP contribution in [0.1, 0.15) is 58.2 Å². The average Bonchev–Trinajstić information content (AvgIpc) is 3.15. The Kier molecular flexibility index (Phi) is 7.72. The van der Waals surface area contributed by atoms with Gasteiger partial charge in [0.1, 0.15) is 6.54 Å². The topological polar surface area (TPSA) is 75.8 Å². The number of halogens is 1. The van der Waals surface area contributed by atoms with Crippen molar-refractivity contribution < 1.29 is 4.74 Å². The summed E-state index contributed by atoms with van der Waals surface area (Å²) in [6.07, 6.45) is 9.90. The predicted octanol–water partition coefficient (Wildman–Crippen LogP) is 3.53. The maximum Gasteiger partial charge on any atom is 0.191 e. The van der Waals surface area contributed by atoms with E-state index in [-0.39, 0.29) is 29.4 Å². The number of nitrogens with one attached hydrogen (secondary N) is 2. The van der Waals surface area contributed by atoms with Gasteiger partial charge in [-0.3, -0.25) is 4.40 Å². The summed E-state index contributed by atoms with van der Waals surface area (Å²) in [5.74, 6) is 1.71.